The molecule has 0 aromatic heterocycles. The minimum Gasteiger partial charge on any atom is -0.307 e. The predicted molar refractivity (Wildman–Crippen MR) is 42.7 cm³/mol. The number of hydrogen-bond acceptors (Lipinski definition) is 2. The SMILES string of the molecule is CCCCCN[C@H](C)[C]=O. The third kappa shape index (κ3) is 5.76. The van der Waals surface area contributed by atoms with Gasteiger partial charge >= 0.3 is 0 Å². The van der Waals surface area contributed by atoms with Gasteiger partial charge in [-0.25, -0.2) is 0 Å². The Kier molecular flexibility index (Phi) is 6.50. The summed E-state index contributed by atoms with van der Waals surface area (Å²) in [4.78, 5) is 9.98. The molecule has 0 aliphatic rings. The zero-order valence-electron chi connectivity index (χ0n) is 6.81. The normalized spacial score (nSPS) is 13.0. The van der Waals surface area contributed by atoms with E-state index < -0.39 is 0 Å². The summed E-state index contributed by atoms with van der Waals surface area (Å²) in [6.07, 6.45) is 5.49. The number of carbonyl (C=O) groups excluding carboxylic acids is 1. The first-order valence-corrected chi connectivity index (χ1v) is 3.92. The summed E-state index contributed by atoms with van der Waals surface area (Å²) in [5.74, 6) is 0. The Morgan fingerprint density at radius 3 is 2.70 bits per heavy atom. The number of unbranched alkanes of at least 4 members (excludes halogenated alkanes) is 2. The molecule has 1 atom stereocenters. The first-order valence-electron chi connectivity index (χ1n) is 3.92. The van der Waals surface area contributed by atoms with Crippen molar-refractivity contribution in [2.24, 2.45) is 0 Å². The first-order chi connectivity index (χ1) is 4.81. The maximum Gasteiger partial charge on any atom is 0.216 e. The second-order valence-electron chi connectivity index (χ2n) is 2.50. The third-order valence-corrected chi connectivity index (χ3v) is 1.41. The van der Waals surface area contributed by atoms with E-state index in [-0.39, 0.29) is 6.04 Å². The van der Waals surface area contributed by atoms with E-state index in [4.69, 9.17) is 0 Å². The smallest absolute Gasteiger partial charge is 0.216 e. The van der Waals surface area contributed by atoms with E-state index in [9.17, 15) is 4.79 Å². The quantitative estimate of drug-likeness (QED) is 0.566. The monoisotopic (exact) mass is 142 g/mol. The van der Waals surface area contributed by atoms with Crippen molar-refractivity contribution in [3.05, 3.63) is 0 Å². The van der Waals surface area contributed by atoms with Crippen LogP contribution in [-0.2, 0) is 4.79 Å². The van der Waals surface area contributed by atoms with Gasteiger partial charge in [0.05, 0.1) is 6.04 Å². The minimum absolute atomic E-state index is 0.100. The molecule has 1 radical (unpaired) electrons. The second kappa shape index (κ2) is 6.75. The lowest BCUT2D eigenvalue weighted by atomic mass is 10.2. The Balaban J connectivity index is 2.95. The average Bonchev–Trinajstić information content (AvgIpc) is 1.98. The van der Waals surface area contributed by atoms with Gasteiger partial charge in [0.25, 0.3) is 0 Å². The molecule has 2 nitrogen and oxygen atoms in total. The first kappa shape index (κ1) is 9.63. The van der Waals surface area contributed by atoms with Crippen LogP contribution in [-0.4, -0.2) is 18.9 Å². The molecular formula is C8H16NO. The van der Waals surface area contributed by atoms with Crippen LogP contribution in [0.15, 0.2) is 0 Å². The molecule has 1 N–H and O–H groups in total. The topological polar surface area (TPSA) is 29.1 Å². The average molecular weight is 142 g/mol. The fourth-order valence-corrected chi connectivity index (χ4v) is 0.735. The molecule has 0 fully saturated rings. The lowest BCUT2D eigenvalue weighted by Crippen LogP contribution is -2.27. The molecule has 0 aromatic rings. The summed E-state index contributed by atoms with van der Waals surface area (Å²) < 4.78 is 0. The molecule has 0 saturated heterocycles. The zero-order chi connectivity index (χ0) is 7.82. The number of hydrogen-bond donors (Lipinski definition) is 1. The van der Waals surface area contributed by atoms with Crippen LogP contribution in [0, 0.1) is 0 Å². The van der Waals surface area contributed by atoms with E-state index in [1.807, 2.05) is 13.2 Å². The van der Waals surface area contributed by atoms with Crippen LogP contribution in [0.2, 0.25) is 0 Å². The van der Waals surface area contributed by atoms with E-state index in [0.29, 0.717) is 0 Å². The van der Waals surface area contributed by atoms with Crippen LogP contribution in [0.3, 0.4) is 0 Å². The lowest BCUT2D eigenvalue weighted by molar-refractivity contribution is 0.518. The highest BCUT2D eigenvalue weighted by Crippen LogP contribution is 1.91. The van der Waals surface area contributed by atoms with Gasteiger partial charge in [-0.05, 0) is 19.9 Å². The summed E-state index contributed by atoms with van der Waals surface area (Å²) in [6.45, 7) is 4.92. The van der Waals surface area contributed by atoms with Gasteiger partial charge in [0.1, 0.15) is 0 Å². The molecule has 0 aliphatic heterocycles. The molecule has 0 rings (SSSR count). The van der Waals surface area contributed by atoms with Gasteiger partial charge in [-0.3, -0.25) is 4.79 Å². The fourth-order valence-electron chi connectivity index (χ4n) is 0.735. The van der Waals surface area contributed by atoms with Gasteiger partial charge < -0.3 is 5.32 Å². The molecule has 0 spiro atoms. The van der Waals surface area contributed by atoms with Crippen LogP contribution in [0.4, 0.5) is 0 Å². The lowest BCUT2D eigenvalue weighted by Gasteiger charge is -2.04. The van der Waals surface area contributed by atoms with Gasteiger partial charge in [0, 0.05) is 0 Å². The second-order valence-corrected chi connectivity index (χ2v) is 2.50. The molecule has 0 aliphatic carbocycles. The summed E-state index contributed by atoms with van der Waals surface area (Å²) in [5, 5.41) is 3.04. The minimum atomic E-state index is -0.100. The number of nitrogens with one attached hydrogen (secondary N) is 1. The Hall–Kier alpha value is -0.370. The van der Waals surface area contributed by atoms with Gasteiger partial charge in [-0.15, -0.1) is 0 Å². The van der Waals surface area contributed by atoms with Crippen molar-refractivity contribution in [2.45, 2.75) is 39.2 Å². The van der Waals surface area contributed by atoms with Crippen molar-refractivity contribution < 1.29 is 4.79 Å². The highest BCUT2D eigenvalue weighted by molar-refractivity contribution is 5.57. The van der Waals surface area contributed by atoms with E-state index in [2.05, 4.69) is 12.2 Å². The molecular weight excluding hydrogens is 126 g/mol. The van der Waals surface area contributed by atoms with Crippen LogP contribution in [0.5, 0.6) is 0 Å². The standard InChI is InChI=1S/C8H16NO/c1-3-4-5-6-9-8(2)7-10/h8-9H,3-6H2,1-2H3/t8-/m1/s1. The van der Waals surface area contributed by atoms with Crippen molar-refractivity contribution in [1.82, 2.24) is 5.32 Å². The van der Waals surface area contributed by atoms with Crippen LogP contribution in [0.25, 0.3) is 0 Å². The highest BCUT2D eigenvalue weighted by atomic mass is 16.1. The van der Waals surface area contributed by atoms with Crippen molar-refractivity contribution in [1.29, 1.82) is 0 Å². The van der Waals surface area contributed by atoms with Gasteiger partial charge in [-0.2, -0.15) is 0 Å². The predicted octanol–water partition coefficient (Wildman–Crippen LogP) is 1.26. The van der Waals surface area contributed by atoms with Gasteiger partial charge in [0.15, 0.2) is 0 Å². The highest BCUT2D eigenvalue weighted by Gasteiger charge is 1.96. The van der Waals surface area contributed by atoms with Crippen LogP contribution < -0.4 is 5.32 Å². The van der Waals surface area contributed by atoms with Gasteiger partial charge in [0.2, 0.25) is 6.29 Å². The van der Waals surface area contributed by atoms with Gasteiger partial charge in [-0.1, -0.05) is 19.8 Å². The third-order valence-electron chi connectivity index (χ3n) is 1.41. The van der Waals surface area contributed by atoms with Crippen LogP contribution in [0.1, 0.15) is 33.1 Å². The molecule has 0 amide bonds. The van der Waals surface area contributed by atoms with Crippen molar-refractivity contribution in [3.63, 3.8) is 0 Å². The summed E-state index contributed by atoms with van der Waals surface area (Å²) in [6, 6.07) is -0.100. The van der Waals surface area contributed by atoms with E-state index in [0.717, 1.165) is 13.0 Å². The van der Waals surface area contributed by atoms with Crippen molar-refractivity contribution >= 4 is 6.29 Å². The fraction of sp³-hybridized carbons (Fsp3) is 0.875. The molecule has 0 saturated carbocycles. The van der Waals surface area contributed by atoms with Crippen molar-refractivity contribution in [2.75, 3.05) is 6.54 Å². The molecule has 0 aromatic carbocycles. The maximum absolute atomic E-state index is 9.98. The Morgan fingerprint density at radius 2 is 2.20 bits per heavy atom. The largest absolute Gasteiger partial charge is 0.307 e. The van der Waals surface area contributed by atoms with Crippen molar-refractivity contribution in [3.8, 4) is 0 Å². The Morgan fingerprint density at radius 1 is 1.50 bits per heavy atom. The van der Waals surface area contributed by atoms with E-state index in [1.54, 1.807) is 0 Å². The zero-order valence-corrected chi connectivity index (χ0v) is 6.81. The number of rotatable bonds is 6. The summed E-state index contributed by atoms with van der Waals surface area (Å²) in [7, 11) is 0. The molecule has 2 heteroatoms. The molecule has 0 bridgehead atoms. The maximum atomic E-state index is 9.98. The van der Waals surface area contributed by atoms with E-state index >= 15 is 0 Å². The molecule has 0 heterocycles. The molecule has 10 heavy (non-hydrogen) atoms. The molecule has 0 unspecified atom stereocenters. The molecule has 59 valence electrons. The van der Waals surface area contributed by atoms with E-state index in [1.165, 1.54) is 12.8 Å². The summed E-state index contributed by atoms with van der Waals surface area (Å²) in [5.41, 5.74) is 0. The summed E-state index contributed by atoms with van der Waals surface area (Å²) >= 11 is 0. The van der Waals surface area contributed by atoms with Crippen LogP contribution >= 0.6 is 0 Å². The Labute approximate surface area is 63.0 Å². The Bertz CT molecular complexity index is 83.3.